The Hall–Kier alpha value is -0.580. The van der Waals surface area contributed by atoms with Gasteiger partial charge in [-0.3, -0.25) is 9.59 Å². The Morgan fingerprint density at radius 2 is 1.78 bits per heavy atom. The lowest BCUT2D eigenvalue weighted by Crippen LogP contribution is -2.33. The number of hydrogen-bond acceptors (Lipinski definition) is 3. The fourth-order valence-electron chi connectivity index (χ4n) is 1.57. The molecule has 0 fully saturated rings. The van der Waals surface area contributed by atoms with E-state index in [2.05, 4.69) is 32.9 Å². The van der Waals surface area contributed by atoms with Gasteiger partial charge >= 0.3 is 5.97 Å². The molecule has 1 amide bonds. The third kappa shape index (κ3) is 9.45. The SMILES string of the molecule is CCCCCCCCC(=O)NCC(Br)C(=O)OC. The van der Waals surface area contributed by atoms with E-state index in [-0.39, 0.29) is 18.4 Å². The number of carbonyl (C=O) groups excluding carboxylic acids is 2. The summed E-state index contributed by atoms with van der Waals surface area (Å²) < 4.78 is 4.54. The highest BCUT2D eigenvalue weighted by molar-refractivity contribution is 9.10. The van der Waals surface area contributed by atoms with Crippen LogP contribution in [-0.4, -0.2) is 30.4 Å². The highest BCUT2D eigenvalue weighted by Crippen LogP contribution is 2.07. The molecule has 5 heteroatoms. The van der Waals surface area contributed by atoms with E-state index >= 15 is 0 Å². The molecule has 106 valence electrons. The van der Waals surface area contributed by atoms with Crippen LogP contribution in [0.15, 0.2) is 0 Å². The van der Waals surface area contributed by atoms with E-state index in [1.54, 1.807) is 0 Å². The number of hydrogen-bond donors (Lipinski definition) is 1. The van der Waals surface area contributed by atoms with Crippen molar-refractivity contribution in [2.75, 3.05) is 13.7 Å². The summed E-state index contributed by atoms with van der Waals surface area (Å²) in [6.07, 6.45) is 7.52. The first-order valence-corrected chi connectivity index (χ1v) is 7.52. The molecule has 18 heavy (non-hydrogen) atoms. The molecule has 1 unspecified atom stereocenters. The number of rotatable bonds is 10. The van der Waals surface area contributed by atoms with Gasteiger partial charge in [-0.25, -0.2) is 0 Å². The Balaban J connectivity index is 3.45. The first-order chi connectivity index (χ1) is 8.61. The maximum Gasteiger partial charge on any atom is 0.321 e. The van der Waals surface area contributed by atoms with Crippen molar-refractivity contribution < 1.29 is 14.3 Å². The van der Waals surface area contributed by atoms with Gasteiger partial charge in [-0.15, -0.1) is 0 Å². The van der Waals surface area contributed by atoms with Gasteiger partial charge in [-0.1, -0.05) is 55.0 Å². The van der Waals surface area contributed by atoms with Crippen molar-refractivity contribution in [1.29, 1.82) is 0 Å². The lowest BCUT2D eigenvalue weighted by Gasteiger charge is -2.09. The second-order valence-corrected chi connectivity index (χ2v) is 5.42. The van der Waals surface area contributed by atoms with Gasteiger partial charge in [0.25, 0.3) is 0 Å². The summed E-state index contributed by atoms with van der Waals surface area (Å²) in [5.74, 6) is -0.367. The molecule has 0 aromatic heterocycles. The van der Waals surface area contributed by atoms with Crippen LogP contribution < -0.4 is 5.32 Å². The maximum atomic E-state index is 11.5. The summed E-state index contributed by atoms with van der Waals surface area (Å²) in [4.78, 5) is 22.1. The van der Waals surface area contributed by atoms with E-state index in [1.165, 1.54) is 32.8 Å². The molecule has 0 bridgehead atoms. The van der Waals surface area contributed by atoms with Gasteiger partial charge < -0.3 is 10.1 Å². The van der Waals surface area contributed by atoms with Gasteiger partial charge in [0, 0.05) is 13.0 Å². The van der Waals surface area contributed by atoms with Crippen molar-refractivity contribution in [3.8, 4) is 0 Å². The number of nitrogens with one attached hydrogen (secondary N) is 1. The zero-order chi connectivity index (χ0) is 13.8. The molecular weight excluding hydrogens is 298 g/mol. The van der Waals surface area contributed by atoms with Crippen LogP contribution in [0.1, 0.15) is 51.9 Å². The molecule has 0 saturated carbocycles. The Bertz CT molecular complexity index is 246. The second kappa shape index (κ2) is 11.5. The van der Waals surface area contributed by atoms with Crippen LogP contribution in [0.4, 0.5) is 0 Å². The molecule has 0 spiro atoms. The second-order valence-electron chi connectivity index (χ2n) is 4.31. The summed E-state index contributed by atoms with van der Waals surface area (Å²) in [7, 11) is 1.33. The summed E-state index contributed by atoms with van der Waals surface area (Å²) >= 11 is 3.15. The van der Waals surface area contributed by atoms with Crippen LogP contribution in [0.2, 0.25) is 0 Å². The number of methoxy groups -OCH3 is 1. The lowest BCUT2D eigenvalue weighted by atomic mass is 10.1. The summed E-state index contributed by atoms with van der Waals surface area (Å²) in [5, 5.41) is 2.71. The number of esters is 1. The Kier molecular flexibility index (Phi) is 11.1. The average Bonchev–Trinajstić information content (AvgIpc) is 2.38. The van der Waals surface area contributed by atoms with Gasteiger partial charge in [0.05, 0.1) is 7.11 Å². The third-order valence-electron chi connectivity index (χ3n) is 2.69. The van der Waals surface area contributed by atoms with Crippen LogP contribution in [0.5, 0.6) is 0 Å². The topological polar surface area (TPSA) is 55.4 Å². The molecular formula is C13H24BrNO3. The molecule has 0 aliphatic heterocycles. The number of halogens is 1. The monoisotopic (exact) mass is 321 g/mol. The first kappa shape index (κ1) is 17.4. The number of carbonyl (C=O) groups is 2. The largest absolute Gasteiger partial charge is 0.468 e. The minimum absolute atomic E-state index is 0.00107. The van der Waals surface area contributed by atoms with Crippen molar-refractivity contribution >= 4 is 27.8 Å². The van der Waals surface area contributed by atoms with E-state index in [9.17, 15) is 9.59 Å². The van der Waals surface area contributed by atoms with Crippen LogP contribution in [0.25, 0.3) is 0 Å². The van der Waals surface area contributed by atoms with Gasteiger partial charge in [-0.05, 0) is 6.42 Å². The zero-order valence-electron chi connectivity index (χ0n) is 11.3. The predicted molar refractivity (Wildman–Crippen MR) is 75.7 cm³/mol. The maximum absolute atomic E-state index is 11.5. The number of unbranched alkanes of at least 4 members (excludes halogenated alkanes) is 5. The molecule has 1 atom stereocenters. The predicted octanol–water partition coefficient (Wildman–Crippen LogP) is 2.79. The third-order valence-corrected chi connectivity index (χ3v) is 3.39. The van der Waals surface area contributed by atoms with E-state index in [4.69, 9.17) is 0 Å². The molecule has 0 aliphatic carbocycles. The van der Waals surface area contributed by atoms with Gasteiger partial charge in [0.1, 0.15) is 4.83 Å². The summed E-state index contributed by atoms with van der Waals surface area (Å²) in [5.41, 5.74) is 0. The van der Waals surface area contributed by atoms with Crippen molar-refractivity contribution in [2.24, 2.45) is 0 Å². The highest BCUT2D eigenvalue weighted by Gasteiger charge is 2.15. The molecule has 0 heterocycles. The van der Waals surface area contributed by atoms with E-state index in [0.29, 0.717) is 6.42 Å². The molecule has 0 aromatic rings. The molecule has 0 saturated heterocycles. The molecule has 0 rings (SSSR count). The smallest absolute Gasteiger partial charge is 0.321 e. The molecule has 4 nitrogen and oxygen atoms in total. The van der Waals surface area contributed by atoms with Crippen LogP contribution in [0, 0.1) is 0 Å². The minimum Gasteiger partial charge on any atom is -0.468 e. The summed E-state index contributed by atoms with van der Waals surface area (Å²) in [6.45, 7) is 2.47. The summed E-state index contributed by atoms with van der Waals surface area (Å²) in [6, 6.07) is 0. The van der Waals surface area contributed by atoms with Gasteiger partial charge in [0.2, 0.25) is 5.91 Å². The van der Waals surface area contributed by atoms with Crippen LogP contribution in [0.3, 0.4) is 0 Å². The number of amides is 1. The minimum atomic E-state index is -0.462. The van der Waals surface area contributed by atoms with Crippen molar-refractivity contribution in [1.82, 2.24) is 5.32 Å². The standard InChI is InChI=1S/C13H24BrNO3/c1-3-4-5-6-7-8-9-12(16)15-10-11(14)13(17)18-2/h11H,3-10H2,1-2H3,(H,15,16). The number of alkyl halides is 1. The molecule has 1 N–H and O–H groups in total. The molecule has 0 radical (unpaired) electrons. The Morgan fingerprint density at radius 1 is 1.17 bits per heavy atom. The van der Waals surface area contributed by atoms with E-state index in [0.717, 1.165) is 12.8 Å². The van der Waals surface area contributed by atoms with E-state index in [1.807, 2.05) is 0 Å². The first-order valence-electron chi connectivity index (χ1n) is 6.60. The van der Waals surface area contributed by atoms with Crippen molar-refractivity contribution in [3.05, 3.63) is 0 Å². The van der Waals surface area contributed by atoms with Crippen molar-refractivity contribution in [2.45, 2.75) is 56.7 Å². The Morgan fingerprint density at radius 3 is 2.39 bits per heavy atom. The zero-order valence-corrected chi connectivity index (χ0v) is 12.9. The average molecular weight is 322 g/mol. The molecule has 0 aromatic carbocycles. The van der Waals surface area contributed by atoms with E-state index < -0.39 is 4.83 Å². The molecule has 0 aliphatic rings. The number of ether oxygens (including phenoxy) is 1. The van der Waals surface area contributed by atoms with Gasteiger partial charge in [-0.2, -0.15) is 0 Å². The lowest BCUT2D eigenvalue weighted by molar-refractivity contribution is -0.139. The van der Waals surface area contributed by atoms with Crippen molar-refractivity contribution in [3.63, 3.8) is 0 Å². The Labute approximate surface area is 118 Å². The normalized spacial score (nSPS) is 11.9. The fourth-order valence-corrected chi connectivity index (χ4v) is 1.92. The fraction of sp³-hybridized carbons (Fsp3) is 0.846. The highest BCUT2D eigenvalue weighted by atomic mass is 79.9. The van der Waals surface area contributed by atoms with Crippen LogP contribution >= 0.6 is 15.9 Å². The quantitative estimate of drug-likeness (QED) is 0.382. The van der Waals surface area contributed by atoms with Gasteiger partial charge in [0.15, 0.2) is 0 Å². The van der Waals surface area contributed by atoms with Crippen LogP contribution in [-0.2, 0) is 14.3 Å².